The molecule has 0 saturated carbocycles. The fourth-order valence-corrected chi connectivity index (χ4v) is 4.90. The average molecular weight is 527 g/mol. The van der Waals surface area contributed by atoms with Gasteiger partial charge in [0.15, 0.2) is 11.5 Å². The minimum absolute atomic E-state index is 0.118. The minimum Gasteiger partial charge on any atom is -0.493 e. The van der Waals surface area contributed by atoms with Crippen molar-refractivity contribution in [1.82, 2.24) is 14.9 Å². The smallest absolute Gasteiger partial charge is 0.225 e. The first-order valence-corrected chi connectivity index (χ1v) is 13.1. The normalized spacial score (nSPS) is 13.1. The third kappa shape index (κ3) is 6.27. The summed E-state index contributed by atoms with van der Waals surface area (Å²) in [6.07, 6.45) is 3.78. The third-order valence-electron chi connectivity index (χ3n) is 7.02. The molecule has 4 aromatic rings. The highest BCUT2D eigenvalue weighted by Gasteiger charge is 2.19. The predicted molar refractivity (Wildman–Crippen MR) is 154 cm³/mol. The topological polar surface area (TPSA) is 115 Å². The molecule has 0 aliphatic carbocycles. The van der Waals surface area contributed by atoms with Crippen molar-refractivity contribution in [2.75, 3.05) is 44.5 Å². The summed E-state index contributed by atoms with van der Waals surface area (Å²) >= 11 is 0. The first-order chi connectivity index (χ1) is 19.1. The zero-order valence-corrected chi connectivity index (χ0v) is 22.4. The number of nitrogens with zero attached hydrogens (tertiary/aromatic N) is 3. The zero-order valence-electron chi connectivity index (χ0n) is 22.4. The van der Waals surface area contributed by atoms with Gasteiger partial charge in [0.25, 0.3) is 0 Å². The van der Waals surface area contributed by atoms with Crippen LogP contribution in [0.1, 0.15) is 23.1 Å². The van der Waals surface area contributed by atoms with E-state index in [4.69, 9.17) is 15.2 Å². The van der Waals surface area contributed by atoms with Crippen LogP contribution in [0.2, 0.25) is 0 Å². The first-order valence-electron chi connectivity index (χ1n) is 13.1. The van der Waals surface area contributed by atoms with Crippen molar-refractivity contribution in [2.24, 2.45) is 5.73 Å². The van der Waals surface area contributed by atoms with E-state index in [1.54, 1.807) is 14.2 Å². The molecule has 39 heavy (non-hydrogen) atoms. The van der Waals surface area contributed by atoms with Gasteiger partial charge in [-0.1, -0.05) is 12.1 Å². The Morgan fingerprint density at radius 2 is 1.72 bits per heavy atom. The number of methoxy groups -OCH3 is 2. The Bertz CT molecular complexity index is 1460. The number of fused-ring (bicyclic) bond motifs is 2. The summed E-state index contributed by atoms with van der Waals surface area (Å²) in [5.41, 5.74) is 11.8. The molecule has 1 amide bonds. The van der Waals surface area contributed by atoms with E-state index in [1.807, 2.05) is 18.2 Å². The molecule has 0 fully saturated rings. The largest absolute Gasteiger partial charge is 0.493 e. The lowest BCUT2D eigenvalue weighted by molar-refractivity contribution is -0.116. The van der Waals surface area contributed by atoms with Crippen molar-refractivity contribution in [1.29, 1.82) is 0 Å². The van der Waals surface area contributed by atoms with E-state index in [0.717, 1.165) is 60.6 Å². The van der Waals surface area contributed by atoms with Crippen LogP contribution >= 0.6 is 0 Å². The van der Waals surface area contributed by atoms with Gasteiger partial charge in [0.05, 0.1) is 19.7 Å². The molecule has 0 radical (unpaired) electrons. The van der Waals surface area contributed by atoms with Gasteiger partial charge in [0.1, 0.15) is 12.1 Å². The molecule has 1 aromatic heterocycles. The number of nitrogens with two attached hydrogens (primary N) is 1. The highest BCUT2D eigenvalue weighted by molar-refractivity contribution is 5.97. The molecule has 0 atom stereocenters. The summed E-state index contributed by atoms with van der Waals surface area (Å²) in [5.74, 6) is 2.14. The molecule has 0 saturated heterocycles. The lowest BCUT2D eigenvalue weighted by Gasteiger charge is -2.29. The standard InChI is InChI=1S/C30H34N6O3/c1-38-27-15-21-11-14-36(18-22(21)16-28(27)39-2)13-10-20-3-5-23(6-4-20)35-30-25-17-24(34-29(37)9-12-31)7-8-26(25)32-19-33-30/h3-8,15-17,19H,9-14,18,31H2,1-2H3,(H,34,37)(H,32,33,35). The summed E-state index contributed by atoms with van der Waals surface area (Å²) in [6.45, 7) is 3.22. The maximum Gasteiger partial charge on any atom is 0.225 e. The second-order valence-corrected chi connectivity index (χ2v) is 9.62. The van der Waals surface area contributed by atoms with Crippen molar-refractivity contribution in [2.45, 2.75) is 25.8 Å². The molecule has 2 heterocycles. The van der Waals surface area contributed by atoms with Gasteiger partial charge in [-0.25, -0.2) is 9.97 Å². The molecule has 3 aromatic carbocycles. The monoisotopic (exact) mass is 526 g/mol. The van der Waals surface area contributed by atoms with E-state index >= 15 is 0 Å². The van der Waals surface area contributed by atoms with Crippen LogP contribution in [0.15, 0.2) is 60.9 Å². The van der Waals surface area contributed by atoms with Crippen molar-refractivity contribution in [3.8, 4) is 11.5 Å². The summed E-state index contributed by atoms with van der Waals surface area (Å²) in [7, 11) is 3.36. The van der Waals surface area contributed by atoms with Gasteiger partial charge < -0.3 is 25.8 Å². The van der Waals surface area contributed by atoms with Gasteiger partial charge in [-0.3, -0.25) is 9.69 Å². The Kier molecular flexibility index (Phi) is 8.19. The maximum atomic E-state index is 12.0. The molecule has 4 N–H and O–H groups in total. The van der Waals surface area contributed by atoms with Gasteiger partial charge in [-0.15, -0.1) is 0 Å². The molecule has 5 rings (SSSR count). The number of anilines is 3. The second kappa shape index (κ2) is 12.1. The fourth-order valence-electron chi connectivity index (χ4n) is 4.90. The number of benzene rings is 3. The zero-order chi connectivity index (χ0) is 27.2. The summed E-state index contributed by atoms with van der Waals surface area (Å²) in [6, 6.07) is 18.2. The number of rotatable bonds is 10. The highest BCUT2D eigenvalue weighted by Crippen LogP contribution is 2.33. The Labute approximate surface area is 228 Å². The molecule has 9 nitrogen and oxygen atoms in total. The second-order valence-electron chi connectivity index (χ2n) is 9.62. The van der Waals surface area contributed by atoms with Crippen LogP contribution in [-0.2, 0) is 24.2 Å². The van der Waals surface area contributed by atoms with E-state index < -0.39 is 0 Å². The molecule has 1 aliphatic rings. The van der Waals surface area contributed by atoms with E-state index in [0.29, 0.717) is 18.1 Å². The van der Waals surface area contributed by atoms with E-state index in [2.05, 4.69) is 61.9 Å². The predicted octanol–water partition coefficient (Wildman–Crippen LogP) is 4.28. The van der Waals surface area contributed by atoms with Crippen LogP contribution in [0.3, 0.4) is 0 Å². The molecule has 1 aliphatic heterocycles. The Hall–Kier alpha value is -4.21. The fraction of sp³-hybridized carbons (Fsp3) is 0.300. The van der Waals surface area contributed by atoms with Crippen LogP contribution in [-0.4, -0.2) is 54.6 Å². The number of carbonyl (C=O) groups excluding carboxylic acids is 1. The molecular weight excluding hydrogens is 492 g/mol. The lowest BCUT2D eigenvalue weighted by atomic mass is 9.98. The minimum atomic E-state index is -0.118. The van der Waals surface area contributed by atoms with E-state index in [9.17, 15) is 4.79 Å². The van der Waals surface area contributed by atoms with Gasteiger partial charge in [0.2, 0.25) is 5.91 Å². The van der Waals surface area contributed by atoms with Crippen LogP contribution in [0.5, 0.6) is 11.5 Å². The SMILES string of the molecule is COc1cc2c(cc1OC)CN(CCc1ccc(Nc3ncnc4ccc(NC(=O)CCN)cc34)cc1)CC2. The summed E-state index contributed by atoms with van der Waals surface area (Å²) in [4.78, 5) is 23.2. The van der Waals surface area contributed by atoms with Gasteiger partial charge in [-0.2, -0.15) is 0 Å². The number of ether oxygens (including phenoxy) is 2. The number of hydrogen-bond donors (Lipinski definition) is 3. The summed E-state index contributed by atoms with van der Waals surface area (Å²) < 4.78 is 11.0. The van der Waals surface area contributed by atoms with Crippen molar-refractivity contribution < 1.29 is 14.3 Å². The van der Waals surface area contributed by atoms with Crippen LogP contribution in [0.4, 0.5) is 17.2 Å². The lowest BCUT2D eigenvalue weighted by Crippen LogP contribution is -2.32. The number of nitrogens with one attached hydrogen (secondary N) is 2. The highest BCUT2D eigenvalue weighted by atomic mass is 16.5. The molecule has 0 bridgehead atoms. The van der Waals surface area contributed by atoms with Crippen molar-refractivity contribution in [3.05, 3.63) is 77.6 Å². The third-order valence-corrected chi connectivity index (χ3v) is 7.02. The van der Waals surface area contributed by atoms with Gasteiger partial charge >= 0.3 is 0 Å². The van der Waals surface area contributed by atoms with Gasteiger partial charge in [0, 0.05) is 49.4 Å². The van der Waals surface area contributed by atoms with Crippen molar-refractivity contribution >= 4 is 34.0 Å². The van der Waals surface area contributed by atoms with E-state index in [1.165, 1.54) is 23.0 Å². The van der Waals surface area contributed by atoms with E-state index in [-0.39, 0.29) is 12.3 Å². The maximum absolute atomic E-state index is 12.0. The molecule has 9 heteroatoms. The van der Waals surface area contributed by atoms with Crippen LogP contribution < -0.4 is 25.8 Å². The Balaban J connectivity index is 1.21. The quantitative estimate of drug-likeness (QED) is 0.281. The number of amides is 1. The number of carbonyl (C=O) groups is 1. The molecule has 0 unspecified atom stereocenters. The van der Waals surface area contributed by atoms with Gasteiger partial charge in [-0.05, 0) is 72.0 Å². The molecular formula is C30H34N6O3. The Morgan fingerprint density at radius 1 is 0.974 bits per heavy atom. The number of aromatic nitrogens is 2. The van der Waals surface area contributed by atoms with Crippen LogP contribution in [0.25, 0.3) is 10.9 Å². The van der Waals surface area contributed by atoms with Crippen molar-refractivity contribution in [3.63, 3.8) is 0 Å². The molecule has 0 spiro atoms. The van der Waals surface area contributed by atoms with Crippen LogP contribution in [0, 0.1) is 0 Å². The molecule has 202 valence electrons. The summed E-state index contributed by atoms with van der Waals surface area (Å²) in [5, 5.41) is 7.10. The first kappa shape index (κ1) is 26.4. The average Bonchev–Trinajstić information content (AvgIpc) is 2.96. The Morgan fingerprint density at radius 3 is 2.46 bits per heavy atom. The number of hydrogen-bond acceptors (Lipinski definition) is 8.